The van der Waals surface area contributed by atoms with Gasteiger partial charge in [-0.3, -0.25) is 4.98 Å². The molecule has 2 rings (SSSR count). The van der Waals surface area contributed by atoms with E-state index in [0.717, 1.165) is 5.92 Å². The molecule has 0 amide bonds. The van der Waals surface area contributed by atoms with Crippen LogP contribution < -0.4 is 0 Å². The quantitative estimate of drug-likeness (QED) is 0.638. The van der Waals surface area contributed by atoms with E-state index in [1.165, 1.54) is 24.1 Å². The maximum absolute atomic E-state index is 4.51. The fourth-order valence-corrected chi connectivity index (χ4v) is 1.73. The average molecular weight is 175 g/mol. The first-order valence-corrected chi connectivity index (χ1v) is 5.04. The van der Waals surface area contributed by atoms with E-state index in [0.29, 0.717) is 0 Å². The predicted octanol–water partition coefficient (Wildman–Crippen LogP) is 3.26. The Morgan fingerprint density at radius 3 is 2.54 bits per heavy atom. The molecule has 1 aliphatic rings. The van der Waals surface area contributed by atoms with Crippen LogP contribution in [0.25, 0.3) is 0 Å². The van der Waals surface area contributed by atoms with Crippen molar-refractivity contribution >= 4 is 0 Å². The molecule has 0 radical (unpaired) electrons. The molecule has 1 aliphatic carbocycles. The van der Waals surface area contributed by atoms with E-state index in [9.17, 15) is 0 Å². The van der Waals surface area contributed by atoms with E-state index in [4.69, 9.17) is 0 Å². The van der Waals surface area contributed by atoms with Crippen LogP contribution in [0.15, 0.2) is 18.3 Å². The molecule has 1 heteroatoms. The first kappa shape index (κ1) is 8.74. The van der Waals surface area contributed by atoms with Crippen molar-refractivity contribution in [2.45, 2.75) is 44.9 Å². The van der Waals surface area contributed by atoms with Gasteiger partial charge in [0.15, 0.2) is 0 Å². The molecule has 0 aromatic carbocycles. The summed E-state index contributed by atoms with van der Waals surface area (Å²) in [5.74, 6) is 0.760. The molecular weight excluding hydrogens is 158 g/mol. The third-order valence-corrected chi connectivity index (χ3v) is 2.61. The minimum absolute atomic E-state index is 0.242. The summed E-state index contributed by atoms with van der Waals surface area (Å²) in [6.07, 6.45) is 4.59. The monoisotopic (exact) mass is 175 g/mol. The van der Waals surface area contributed by atoms with E-state index in [2.05, 4.69) is 31.8 Å². The summed E-state index contributed by atoms with van der Waals surface area (Å²) in [5.41, 5.74) is 3.01. The van der Waals surface area contributed by atoms with Crippen LogP contribution in [0.4, 0.5) is 0 Å². The van der Waals surface area contributed by atoms with Crippen molar-refractivity contribution in [1.29, 1.82) is 0 Å². The lowest BCUT2D eigenvalue weighted by Gasteiger charge is -2.21. The number of hydrogen-bond acceptors (Lipinski definition) is 1. The van der Waals surface area contributed by atoms with Crippen LogP contribution in [0.3, 0.4) is 0 Å². The van der Waals surface area contributed by atoms with Crippen LogP contribution in [0.1, 0.15) is 50.8 Å². The van der Waals surface area contributed by atoms with E-state index in [-0.39, 0.29) is 5.41 Å². The summed E-state index contributed by atoms with van der Waals surface area (Å²) < 4.78 is 0. The number of hydrogen-bond donors (Lipinski definition) is 0. The lowest BCUT2D eigenvalue weighted by Crippen LogP contribution is -2.14. The highest BCUT2D eigenvalue weighted by atomic mass is 14.7. The Kier molecular flexibility index (Phi) is 1.90. The highest BCUT2D eigenvalue weighted by Gasteiger charge is 2.30. The number of pyridine rings is 1. The summed E-state index contributed by atoms with van der Waals surface area (Å²) in [7, 11) is 0. The number of aromatic nitrogens is 1. The minimum Gasteiger partial charge on any atom is -0.261 e. The molecule has 1 aromatic heterocycles. The Bertz CT molecular complexity index is 305. The number of rotatable bonds is 1. The van der Waals surface area contributed by atoms with Gasteiger partial charge < -0.3 is 0 Å². The summed E-state index contributed by atoms with van der Waals surface area (Å²) in [5, 5.41) is 0. The van der Waals surface area contributed by atoms with Gasteiger partial charge in [0.2, 0.25) is 0 Å². The van der Waals surface area contributed by atoms with E-state index in [1.807, 2.05) is 12.3 Å². The molecule has 0 unspecified atom stereocenters. The second kappa shape index (κ2) is 2.83. The molecule has 1 heterocycles. The van der Waals surface area contributed by atoms with Gasteiger partial charge in [-0.2, -0.15) is 0 Å². The Morgan fingerprint density at radius 2 is 2.00 bits per heavy atom. The smallest absolute Gasteiger partial charge is 0.0471 e. The largest absolute Gasteiger partial charge is 0.261 e. The van der Waals surface area contributed by atoms with Gasteiger partial charge in [0.25, 0.3) is 0 Å². The molecule has 1 aromatic rings. The zero-order valence-electron chi connectivity index (χ0n) is 8.67. The normalized spacial score (nSPS) is 17.5. The molecule has 13 heavy (non-hydrogen) atoms. The van der Waals surface area contributed by atoms with Gasteiger partial charge in [0.05, 0.1) is 0 Å². The van der Waals surface area contributed by atoms with Gasteiger partial charge in [0.1, 0.15) is 0 Å². The van der Waals surface area contributed by atoms with Gasteiger partial charge in [-0.05, 0) is 29.9 Å². The van der Waals surface area contributed by atoms with Crippen LogP contribution in [0, 0.1) is 0 Å². The fraction of sp³-hybridized carbons (Fsp3) is 0.583. The van der Waals surface area contributed by atoms with Gasteiger partial charge >= 0.3 is 0 Å². The van der Waals surface area contributed by atoms with Gasteiger partial charge in [-0.25, -0.2) is 0 Å². The summed E-state index contributed by atoms with van der Waals surface area (Å²) >= 11 is 0. The van der Waals surface area contributed by atoms with Gasteiger partial charge in [0, 0.05) is 17.8 Å². The van der Waals surface area contributed by atoms with Crippen LogP contribution in [-0.2, 0) is 5.41 Å². The van der Waals surface area contributed by atoms with Gasteiger partial charge in [-0.1, -0.05) is 26.8 Å². The molecule has 0 atom stereocenters. The Morgan fingerprint density at radius 1 is 1.31 bits per heavy atom. The second-order valence-electron chi connectivity index (χ2n) is 4.96. The molecule has 1 fully saturated rings. The van der Waals surface area contributed by atoms with Crippen molar-refractivity contribution in [3.8, 4) is 0 Å². The number of nitrogens with zero attached hydrogens (tertiary/aromatic N) is 1. The maximum Gasteiger partial charge on any atom is 0.0471 e. The lowest BCUT2D eigenvalue weighted by molar-refractivity contribution is 0.577. The Labute approximate surface area is 80.2 Å². The third-order valence-electron chi connectivity index (χ3n) is 2.61. The van der Waals surface area contributed by atoms with Crippen LogP contribution in [0.5, 0.6) is 0 Å². The zero-order chi connectivity index (χ0) is 9.47. The highest BCUT2D eigenvalue weighted by molar-refractivity contribution is 5.32. The molecule has 70 valence electrons. The summed E-state index contributed by atoms with van der Waals surface area (Å²) in [6.45, 7) is 6.78. The highest BCUT2D eigenvalue weighted by Crippen LogP contribution is 2.42. The summed E-state index contributed by atoms with van der Waals surface area (Å²) in [4.78, 5) is 4.51. The second-order valence-corrected chi connectivity index (χ2v) is 4.96. The molecule has 0 bridgehead atoms. The van der Waals surface area contributed by atoms with Crippen molar-refractivity contribution in [2.75, 3.05) is 0 Å². The van der Waals surface area contributed by atoms with Crippen LogP contribution in [-0.4, -0.2) is 4.98 Å². The first-order chi connectivity index (χ1) is 6.09. The van der Waals surface area contributed by atoms with Gasteiger partial charge in [-0.15, -0.1) is 0 Å². The zero-order valence-corrected chi connectivity index (χ0v) is 8.67. The maximum atomic E-state index is 4.51. The molecule has 0 spiro atoms. The van der Waals surface area contributed by atoms with Crippen molar-refractivity contribution in [2.24, 2.45) is 0 Å². The minimum atomic E-state index is 0.242. The van der Waals surface area contributed by atoms with Crippen molar-refractivity contribution in [3.63, 3.8) is 0 Å². The van der Waals surface area contributed by atoms with Crippen molar-refractivity contribution in [1.82, 2.24) is 4.98 Å². The SMILES string of the molecule is CC(C)(C)c1cccnc1C1CC1. The first-order valence-electron chi connectivity index (χ1n) is 5.04. The van der Waals surface area contributed by atoms with E-state index >= 15 is 0 Å². The molecular formula is C12H17N. The lowest BCUT2D eigenvalue weighted by atomic mass is 9.85. The van der Waals surface area contributed by atoms with Crippen LogP contribution >= 0.6 is 0 Å². The van der Waals surface area contributed by atoms with E-state index < -0.39 is 0 Å². The Hall–Kier alpha value is -0.850. The van der Waals surface area contributed by atoms with Crippen molar-refractivity contribution < 1.29 is 0 Å². The van der Waals surface area contributed by atoms with E-state index in [1.54, 1.807) is 0 Å². The summed E-state index contributed by atoms with van der Waals surface area (Å²) in [6, 6.07) is 4.27. The van der Waals surface area contributed by atoms with Crippen LogP contribution in [0.2, 0.25) is 0 Å². The molecule has 0 aliphatic heterocycles. The van der Waals surface area contributed by atoms with Crippen molar-refractivity contribution in [3.05, 3.63) is 29.6 Å². The fourth-order valence-electron chi connectivity index (χ4n) is 1.73. The topological polar surface area (TPSA) is 12.9 Å². The molecule has 1 saturated carbocycles. The third kappa shape index (κ3) is 1.74. The average Bonchev–Trinajstić information content (AvgIpc) is 2.85. The Balaban J connectivity index is 2.43. The molecule has 0 saturated heterocycles. The molecule has 1 nitrogen and oxygen atoms in total. The molecule has 0 N–H and O–H groups in total. The standard InChI is InChI=1S/C12H17N/c1-12(2,3)10-5-4-8-13-11(10)9-6-7-9/h4-5,8-9H,6-7H2,1-3H3. The predicted molar refractivity (Wildman–Crippen MR) is 54.9 cm³/mol.